The lowest BCUT2D eigenvalue weighted by Crippen LogP contribution is -2.14. The van der Waals surface area contributed by atoms with Crippen LogP contribution in [0.4, 0.5) is 5.69 Å². The highest BCUT2D eigenvalue weighted by molar-refractivity contribution is 7.92. The second-order valence-electron chi connectivity index (χ2n) is 4.38. The number of sulfonamides is 1. The first-order chi connectivity index (χ1) is 9.70. The van der Waals surface area contributed by atoms with Crippen LogP contribution in [0.15, 0.2) is 29.4 Å². The van der Waals surface area contributed by atoms with Crippen molar-refractivity contribution < 1.29 is 23.4 Å². The summed E-state index contributed by atoms with van der Waals surface area (Å²) in [5.41, 5.74) is -0.374. The number of hydrogen-bond donors (Lipinski definition) is 3. The monoisotopic (exact) mass is 311 g/mol. The molecule has 0 aliphatic heterocycles. The summed E-state index contributed by atoms with van der Waals surface area (Å²) in [7, 11) is -2.37. The number of aromatic nitrogens is 2. The largest absolute Gasteiger partial charge is 0.506 e. The molecule has 0 fully saturated rings. The number of aromatic carboxylic acids is 1. The number of rotatable bonds is 4. The quantitative estimate of drug-likeness (QED) is 0.722. The maximum Gasteiger partial charge on any atom is 0.335 e. The van der Waals surface area contributed by atoms with E-state index in [1.807, 2.05) is 0 Å². The number of aromatic hydroxyl groups is 1. The first-order valence-electron chi connectivity index (χ1n) is 5.80. The normalized spacial score (nSPS) is 11.3. The van der Waals surface area contributed by atoms with Gasteiger partial charge in [-0.1, -0.05) is 0 Å². The highest BCUT2D eigenvalue weighted by Gasteiger charge is 2.20. The van der Waals surface area contributed by atoms with E-state index in [-0.39, 0.29) is 22.0 Å². The molecular formula is C12H13N3O5S. The summed E-state index contributed by atoms with van der Waals surface area (Å²) in [5, 5.41) is 18.3. The summed E-state index contributed by atoms with van der Waals surface area (Å²) in [6, 6.07) is 3.30. The fraction of sp³-hybridized carbons (Fsp3) is 0.167. The highest BCUT2D eigenvalue weighted by Crippen LogP contribution is 2.26. The highest BCUT2D eigenvalue weighted by atomic mass is 32.2. The molecule has 21 heavy (non-hydrogen) atoms. The Morgan fingerprint density at radius 2 is 2.05 bits per heavy atom. The molecule has 0 aliphatic carbocycles. The summed E-state index contributed by atoms with van der Waals surface area (Å²) in [6.07, 6.45) is 1.32. The second kappa shape index (κ2) is 5.09. The summed E-state index contributed by atoms with van der Waals surface area (Å²) >= 11 is 0. The molecule has 0 radical (unpaired) electrons. The lowest BCUT2D eigenvalue weighted by atomic mass is 10.2. The van der Waals surface area contributed by atoms with Gasteiger partial charge in [-0.25, -0.2) is 9.78 Å². The van der Waals surface area contributed by atoms with Crippen LogP contribution in [0.2, 0.25) is 0 Å². The molecular weight excluding hydrogens is 298 g/mol. The van der Waals surface area contributed by atoms with E-state index in [9.17, 15) is 18.3 Å². The van der Waals surface area contributed by atoms with Crippen molar-refractivity contribution in [2.24, 2.45) is 7.05 Å². The van der Waals surface area contributed by atoms with E-state index in [1.54, 1.807) is 14.0 Å². The van der Waals surface area contributed by atoms with Gasteiger partial charge in [0, 0.05) is 13.2 Å². The molecule has 1 aromatic carbocycles. The average Bonchev–Trinajstić information content (AvgIpc) is 2.73. The Balaban J connectivity index is 2.41. The minimum Gasteiger partial charge on any atom is -0.506 e. The summed E-state index contributed by atoms with van der Waals surface area (Å²) < 4.78 is 28.0. The van der Waals surface area contributed by atoms with Crippen LogP contribution in [0.3, 0.4) is 0 Å². The first kappa shape index (κ1) is 14.9. The predicted octanol–water partition coefficient (Wildman–Crippen LogP) is 0.933. The van der Waals surface area contributed by atoms with Crippen LogP contribution < -0.4 is 4.72 Å². The average molecular weight is 311 g/mol. The van der Waals surface area contributed by atoms with E-state index in [4.69, 9.17) is 5.11 Å². The van der Waals surface area contributed by atoms with Gasteiger partial charge in [-0.05, 0) is 25.1 Å². The second-order valence-corrected chi connectivity index (χ2v) is 6.01. The van der Waals surface area contributed by atoms with Gasteiger partial charge >= 0.3 is 5.97 Å². The number of imidazole rings is 1. The van der Waals surface area contributed by atoms with Gasteiger partial charge in [0.15, 0.2) is 5.03 Å². The summed E-state index contributed by atoms with van der Waals surface area (Å²) in [6.45, 7) is 1.64. The molecule has 0 unspecified atom stereocenters. The Kier molecular flexibility index (Phi) is 3.60. The Labute approximate surface area is 120 Å². The number of nitrogens with zero attached hydrogens (tertiary/aromatic N) is 2. The summed E-state index contributed by atoms with van der Waals surface area (Å²) in [4.78, 5) is 14.8. The minimum atomic E-state index is -4.01. The van der Waals surface area contributed by atoms with Crippen LogP contribution in [0.1, 0.15) is 16.2 Å². The van der Waals surface area contributed by atoms with E-state index in [0.717, 1.165) is 12.1 Å². The maximum absolute atomic E-state index is 12.2. The van der Waals surface area contributed by atoms with E-state index < -0.39 is 16.0 Å². The number of hydrogen-bond acceptors (Lipinski definition) is 5. The molecule has 112 valence electrons. The fourth-order valence-corrected chi connectivity index (χ4v) is 2.71. The van der Waals surface area contributed by atoms with Crippen LogP contribution in [0.25, 0.3) is 0 Å². The number of phenols is 1. The molecule has 0 saturated heterocycles. The van der Waals surface area contributed by atoms with Crippen molar-refractivity contribution in [3.05, 3.63) is 35.8 Å². The third-order valence-electron chi connectivity index (χ3n) is 2.85. The van der Waals surface area contributed by atoms with Crippen molar-refractivity contribution in [2.45, 2.75) is 11.9 Å². The van der Waals surface area contributed by atoms with Crippen molar-refractivity contribution >= 4 is 21.7 Å². The molecule has 0 spiro atoms. The van der Waals surface area contributed by atoms with Crippen molar-refractivity contribution in [3.63, 3.8) is 0 Å². The molecule has 1 aromatic heterocycles. The van der Waals surface area contributed by atoms with Gasteiger partial charge in [-0.2, -0.15) is 8.42 Å². The Morgan fingerprint density at radius 1 is 1.38 bits per heavy atom. The van der Waals surface area contributed by atoms with Gasteiger partial charge in [-0.15, -0.1) is 0 Å². The molecule has 2 rings (SSSR count). The van der Waals surface area contributed by atoms with Crippen LogP contribution in [-0.2, 0) is 17.1 Å². The minimum absolute atomic E-state index is 0.150. The number of carbonyl (C=O) groups is 1. The number of carboxylic acid groups (broad SMARTS) is 1. The maximum atomic E-state index is 12.2. The molecule has 0 amide bonds. The fourth-order valence-electron chi connectivity index (χ4n) is 1.60. The third kappa shape index (κ3) is 2.97. The zero-order valence-corrected chi connectivity index (χ0v) is 12.0. The lowest BCUT2D eigenvalue weighted by molar-refractivity contribution is 0.0697. The standard InChI is InChI=1S/C12H13N3O5S/c1-7-13-11(6-15(7)2)21(19,20)14-9-5-8(12(17)18)3-4-10(9)16/h3-6,14,16H,1-2H3,(H,17,18). The van der Waals surface area contributed by atoms with Crippen molar-refractivity contribution in [3.8, 4) is 5.75 Å². The van der Waals surface area contributed by atoms with Crippen LogP contribution in [-0.4, -0.2) is 34.2 Å². The smallest absolute Gasteiger partial charge is 0.335 e. The number of anilines is 1. The molecule has 0 atom stereocenters. The Hall–Kier alpha value is -2.55. The van der Waals surface area contributed by atoms with E-state index in [0.29, 0.717) is 5.82 Å². The van der Waals surface area contributed by atoms with E-state index >= 15 is 0 Å². The predicted molar refractivity (Wildman–Crippen MR) is 73.8 cm³/mol. The molecule has 8 nitrogen and oxygen atoms in total. The van der Waals surface area contributed by atoms with Crippen LogP contribution >= 0.6 is 0 Å². The Morgan fingerprint density at radius 3 is 2.57 bits per heavy atom. The topological polar surface area (TPSA) is 122 Å². The molecule has 0 aliphatic rings. The number of phenolic OH excluding ortho intramolecular Hbond substituents is 1. The molecule has 3 N–H and O–H groups in total. The SMILES string of the molecule is Cc1nc(S(=O)(=O)Nc2cc(C(=O)O)ccc2O)cn1C. The Bertz CT molecular complexity index is 791. The van der Waals surface area contributed by atoms with Crippen LogP contribution in [0, 0.1) is 6.92 Å². The van der Waals surface area contributed by atoms with Gasteiger partial charge in [0.1, 0.15) is 11.6 Å². The molecule has 2 aromatic rings. The lowest BCUT2D eigenvalue weighted by Gasteiger charge is -2.08. The number of benzene rings is 1. The first-order valence-corrected chi connectivity index (χ1v) is 7.28. The zero-order valence-electron chi connectivity index (χ0n) is 11.2. The van der Waals surface area contributed by atoms with Gasteiger partial charge in [0.05, 0.1) is 11.3 Å². The van der Waals surface area contributed by atoms with Gasteiger partial charge < -0.3 is 14.8 Å². The molecule has 1 heterocycles. The number of aryl methyl sites for hydroxylation is 2. The number of carboxylic acids is 1. The van der Waals surface area contributed by atoms with Gasteiger partial charge in [0.2, 0.25) is 0 Å². The molecule has 0 bridgehead atoms. The van der Waals surface area contributed by atoms with Crippen LogP contribution in [0.5, 0.6) is 5.75 Å². The molecule has 0 saturated carbocycles. The van der Waals surface area contributed by atoms with Gasteiger partial charge in [0.25, 0.3) is 10.0 Å². The van der Waals surface area contributed by atoms with Crippen molar-refractivity contribution in [1.82, 2.24) is 9.55 Å². The molecule has 9 heteroatoms. The van der Waals surface area contributed by atoms with E-state index in [2.05, 4.69) is 9.71 Å². The van der Waals surface area contributed by atoms with Crippen molar-refractivity contribution in [1.29, 1.82) is 0 Å². The van der Waals surface area contributed by atoms with E-state index in [1.165, 1.54) is 16.8 Å². The van der Waals surface area contributed by atoms with Gasteiger partial charge in [-0.3, -0.25) is 4.72 Å². The third-order valence-corrected chi connectivity index (χ3v) is 4.09. The summed E-state index contributed by atoms with van der Waals surface area (Å²) in [5.74, 6) is -1.11. The zero-order chi connectivity index (χ0) is 15.8. The van der Waals surface area contributed by atoms with Crippen molar-refractivity contribution in [2.75, 3.05) is 4.72 Å². The number of nitrogens with one attached hydrogen (secondary N) is 1.